The first-order valence-electron chi connectivity index (χ1n) is 5.88. The molecule has 19 heavy (non-hydrogen) atoms. The van der Waals surface area contributed by atoms with Crippen LogP contribution < -0.4 is 9.47 Å². The molecule has 0 radical (unpaired) electrons. The van der Waals surface area contributed by atoms with Crippen LogP contribution in [0.5, 0.6) is 11.5 Å². The molecule has 1 aromatic carbocycles. The second-order valence-electron chi connectivity index (χ2n) is 3.78. The maximum Gasteiger partial charge on any atom is 0.328 e. The van der Waals surface area contributed by atoms with E-state index in [1.807, 2.05) is 0 Å². The van der Waals surface area contributed by atoms with Crippen molar-refractivity contribution in [3.63, 3.8) is 0 Å². The molecule has 0 unspecified atom stereocenters. The van der Waals surface area contributed by atoms with Crippen molar-refractivity contribution in [2.45, 2.75) is 6.42 Å². The van der Waals surface area contributed by atoms with Gasteiger partial charge < -0.3 is 14.6 Å². The van der Waals surface area contributed by atoms with Gasteiger partial charge in [-0.25, -0.2) is 4.79 Å². The van der Waals surface area contributed by atoms with E-state index in [-0.39, 0.29) is 0 Å². The van der Waals surface area contributed by atoms with Crippen LogP contribution in [-0.4, -0.2) is 36.8 Å². The first kappa shape index (κ1) is 15.4. The summed E-state index contributed by atoms with van der Waals surface area (Å²) in [5, 5.41) is 8.58. The van der Waals surface area contributed by atoms with Crippen LogP contribution in [-0.2, 0) is 4.79 Å². The second-order valence-corrected chi connectivity index (χ2v) is 4.76. The van der Waals surface area contributed by atoms with Crippen molar-refractivity contribution < 1.29 is 19.4 Å². The predicted molar refractivity (Wildman–Crippen MR) is 78.2 cm³/mol. The largest absolute Gasteiger partial charge is 0.493 e. The Morgan fingerprint density at radius 3 is 2.84 bits per heavy atom. The summed E-state index contributed by atoms with van der Waals surface area (Å²) in [5.74, 6) is 1.37. The van der Waals surface area contributed by atoms with E-state index in [1.165, 1.54) is 6.08 Å². The Hall–Kier alpha value is -1.62. The Morgan fingerprint density at radius 2 is 2.21 bits per heavy atom. The average molecular weight is 282 g/mol. The van der Waals surface area contributed by atoms with Crippen LogP contribution in [0.25, 0.3) is 6.08 Å². The van der Waals surface area contributed by atoms with Crippen molar-refractivity contribution in [3.05, 3.63) is 29.8 Å². The summed E-state index contributed by atoms with van der Waals surface area (Å²) < 4.78 is 10.9. The zero-order valence-corrected chi connectivity index (χ0v) is 11.9. The number of hydrogen-bond acceptors (Lipinski definition) is 4. The smallest absolute Gasteiger partial charge is 0.328 e. The molecule has 0 saturated heterocycles. The van der Waals surface area contributed by atoms with Crippen LogP contribution in [0, 0.1) is 0 Å². The summed E-state index contributed by atoms with van der Waals surface area (Å²) in [6.07, 6.45) is 5.64. The molecule has 0 fully saturated rings. The number of ether oxygens (including phenoxy) is 2. The summed E-state index contributed by atoms with van der Waals surface area (Å²) >= 11 is 1.78. The fourth-order valence-electron chi connectivity index (χ4n) is 1.46. The molecule has 1 aromatic rings. The van der Waals surface area contributed by atoms with Crippen LogP contribution in [0.3, 0.4) is 0 Å². The normalized spacial score (nSPS) is 10.6. The minimum Gasteiger partial charge on any atom is -0.493 e. The Balaban J connectivity index is 2.70. The van der Waals surface area contributed by atoms with Gasteiger partial charge in [0.2, 0.25) is 0 Å². The van der Waals surface area contributed by atoms with Crippen molar-refractivity contribution in [3.8, 4) is 11.5 Å². The van der Waals surface area contributed by atoms with Gasteiger partial charge in [0.1, 0.15) is 0 Å². The maximum absolute atomic E-state index is 10.5. The van der Waals surface area contributed by atoms with Crippen molar-refractivity contribution in [1.82, 2.24) is 0 Å². The number of hydrogen-bond donors (Lipinski definition) is 1. The van der Waals surface area contributed by atoms with E-state index in [1.54, 1.807) is 37.1 Å². The highest BCUT2D eigenvalue weighted by Crippen LogP contribution is 2.28. The molecular weight excluding hydrogens is 264 g/mol. The third-order valence-electron chi connectivity index (χ3n) is 2.36. The summed E-state index contributed by atoms with van der Waals surface area (Å²) in [6.45, 7) is 0.640. The molecule has 0 aliphatic rings. The van der Waals surface area contributed by atoms with Crippen molar-refractivity contribution >= 4 is 23.8 Å². The number of carbonyl (C=O) groups is 1. The average Bonchev–Trinajstić information content (AvgIpc) is 2.42. The number of methoxy groups -OCH3 is 1. The molecule has 104 valence electrons. The quantitative estimate of drug-likeness (QED) is 0.587. The molecule has 0 bridgehead atoms. The first-order chi connectivity index (χ1) is 9.17. The van der Waals surface area contributed by atoms with E-state index >= 15 is 0 Å². The molecule has 0 aliphatic heterocycles. The minimum atomic E-state index is -0.976. The van der Waals surface area contributed by atoms with Crippen LogP contribution in [0.4, 0.5) is 0 Å². The highest BCUT2D eigenvalue weighted by atomic mass is 32.2. The van der Waals surface area contributed by atoms with Crippen LogP contribution >= 0.6 is 11.8 Å². The SMILES string of the molecule is COc1cc(/C=C/C(=O)O)ccc1OCCCSC. The number of carboxylic acids is 1. The van der Waals surface area contributed by atoms with Crippen molar-refractivity contribution in [2.75, 3.05) is 25.7 Å². The second kappa shape index (κ2) is 8.48. The zero-order valence-electron chi connectivity index (χ0n) is 11.1. The molecular formula is C14H18O4S. The van der Waals surface area contributed by atoms with E-state index in [0.29, 0.717) is 18.1 Å². The van der Waals surface area contributed by atoms with Gasteiger partial charge in [0.05, 0.1) is 13.7 Å². The van der Waals surface area contributed by atoms with Crippen molar-refractivity contribution in [2.24, 2.45) is 0 Å². The highest BCUT2D eigenvalue weighted by Gasteiger charge is 2.04. The number of thioether (sulfide) groups is 1. The molecule has 0 heterocycles. The van der Waals surface area contributed by atoms with Gasteiger partial charge in [-0.3, -0.25) is 0 Å². The summed E-state index contributed by atoms with van der Waals surface area (Å²) in [6, 6.07) is 5.34. The van der Waals surface area contributed by atoms with Gasteiger partial charge in [-0.15, -0.1) is 0 Å². The molecule has 0 aromatic heterocycles. The number of aliphatic carboxylic acids is 1. The molecule has 1 N–H and O–H groups in total. The Bertz CT molecular complexity index is 443. The van der Waals surface area contributed by atoms with Gasteiger partial charge in [-0.2, -0.15) is 11.8 Å². The summed E-state index contributed by atoms with van der Waals surface area (Å²) in [7, 11) is 1.56. The van der Waals surface area contributed by atoms with Crippen molar-refractivity contribution in [1.29, 1.82) is 0 Å². The molecule has 4 nitrogen and oxygen atoms in total. The third-order valence-corrected chi connectivity index (χ3v) is 3.05. The lowest BCUT2D eigenvalue weighted by Crippen LogP contribution is -2.00. The Kier molecular flexibility index (Phi) is 6.89. The lowest BCUT2D eigenvalue weighted by Gasteiger charge is -2.11. The van der Waals surface area contributed by atoms with Crippen LogP contribution in [0.15, 0.2) is 24.3 Å². The minimum absolute atomic E-state index is 0.608. The van der Waals surface area contributed by atoms with E-state index in [2.05, 4.69) is 6.26 Å². The number of carboxylic acid groups (broad SMARTS) is 1. The molecule has 0 atom stereocenters. The summed E-state index contributed by atoms with van der Waals surface area (Å²) in [5.41, 5.74) is 0.760. The van der Waals surface area contributed by atoms with Gasteiger partial charge in [-0.1, -0.05) is 6.07 Å². The fraction of sp³-hybridized carbons (Fsp3) is 0.357. The molecule has 1 rings (SSSR count). The number of benzene rings is 1. The Morgan fingerprint density at radius 1 is 1.42 bits per heavy atom. The predicted octanol–water partition coefficient (Wildman–Crippen LogP) is 2.92. The molecule has 0 amide bonds. The monoisotopic (exact) mass is 282 g/mol. The Labute approximate surface area is 117 Å². The molecule has 0 aliphatic carbocycles. The van der Waals surface area contributed by atoms with E-state index < -0.39 is 5.97 Å². The molecule has 0 saturated carbocycles. The van der Waals surface area contributed by atoms with Gasteiger partial charge in [-0.05, 0) is 42.2 Å². The van der Waals surface area contributed by atoms with Gasteiger partial charge in [0, 0.05) is 6.08 Å². The third kappa shape index (κ3) is 5.70. The van der Waals surface area contributed by atoms with E-state index in [0.717, 1.165) is 23.8 Å². The van der Waals surface area contributed by atoms with E-state index in [4.69, 9.17) is 14.6 Å². The lowest BCUT2D eigenvalue weighted by molar-refractivity contribution is -0.131. The highest BCUT2D eigenvalue weighted by molar-refractivity contribution is 7.98. The fourth-order valence-corrected chi connectivity index (χ4v) is 1.87. The van der Waals surface area contributed by atoms with Gasteiger partial charge >= 0.3 is 5.97 Å². The lowest BCUT2D eigenvalue weighted by atomic mass is 10.2. The maximum atomic E-state index is 10.5. The van der Waals surface area contributed by atoms with E-state index in [9.17, 15) is 4.79 Å². The number of rotatable bonds is 8. The molecule has 5 heteroatoms. The van der Waals surface area contributed by atoms with Gasteiger partial charge in [0.15, 0.2) is 11.5 Å². The van der Waals surface area contributed by atoms with Crippen LogP contribution in [0.2, 0.25) is 0 Å². The van der Waals surface area contributed by atoms with Gasteiger partial charge in [0.25, 0.3) is 0 Å². The zero-order chi connectivity index (χ0) is 14.1. The summed E-state index contributed by atoms with van der Waals surface area (Å²) in [4.78, 5) is 10.5. The molecule has 0 spiro atoms. The standard InChI is InChI=1S/C14H18O4S/c1-17-13-10-11(5-7-14(15)16)4-6-12(13)18-8-3-9-19-2/h4-7,10H,3,8-9H2,1-2H3,(H,15,16)/b7-5+. The topological polar surface area (TPSA) is 55.8 Å². The first-order valence-corrected chi connectivity index (χ1v) is 7.27. The van der Waals surface area contributed by atoms with Crippen LogP contribution in [0.1, 0.15) is 12.0 Å².